The summed E-state index contributed by atoms with van der Waals surface area (Å²) in [5.41, 5.74) is 2.10. The molecule has 5 nitrogen and oxygen atoms in total. The Morgan fingerprint density at radius 3 is 2.67 bits per heavy atom. The fourth-order valence-electron chi connectivity index (χ4n) is 2.16. The lowest BCUT2D eigenvalue weighted by atomic mass is 10.2. The maximum absolute atomic E-state index is 12.0. The zero-order valence-corrected chi connectivity index (χ0v) is 14.0. The van der Waals surface area contributed by atoms with Gasteiger partial charge in [-0.2, -0.15) is 0 Å². The number of aryl methyl sites for hydroxylation is 1. The first-order valence-electron chi connectivity index (χ1n) is 7.63. The van der Waals surface area contributed by atoms with Gasteiger partial charge in [0.2, 0.25) is 5.91 Å². The Morgan fingerprint density at radius 2 is 2.00 bits per heavy atom. The summed E-state index contributed by atoms with van der Waals surface area (Å²) < 4.78 is 10.7. The van der Waals surface area contributed by atoms with Gasteiger partial charge in [0.1, 0.15) is 5.75 Å². The first-order valence-corrected chi connectivity index (χ1v) is 7.63. The average Bonchev–Trinajstić information content (AvgIpc) is 2.56. The molecule has 1 amide bonds. The lowest BCUT2D eigenvalue weighted by Crippen LogP contribution is -2.07. The zero-order chi connectivity index (χ0) is 17.5. The van der Waals surface area contributed by atoms with E-state index in [0.29, 0.717) is 23.8 Å². The molecule has 0 aliphatic carbocycles. The summed E-state index contributed by atoms with van der Waals surface area (Å²) >= 11 is 0. The lowest BCUT2D eigenvalue weighted by molar-refractivity contribution is -0.111. The van der Waals surface area contributed by atoms with Gasteiger partial charge in [-0.25, -0.2) is 0 Å². The number of phenolic OH excluding ortho intramolecular Hbond substituents is 1. The van der Waals surface area contributed by atoms with Crippen LogP contribution >= 0.6 is 0 Å². The molecule has 0 spiro atoms. The van der Waals surface area contributed by atoms with Crippen molar-refractivity contribution < 1.29 is 19.4 Å². The van der Waals surface area contributed by atoms with E-state index in [1.54, 1.807) is 37.5 Å². The third-order valence-electron chi connectivity index (χ3n) is 3.33. The second-order valence-corrected chi connectivity index (χ2v) is 5.19. The van der Waals surface area contributed by atoms with E-state index in [1.165, 1.54) is 6.08 Å². The number of hydrogen-bond acceptors (Lipinski definition) is 4. The van der Waals surface area contributed by atoms with Crippen molar-refractivity contribution in [2.75, 3.05) is 19.0 Å². The average molecular weight is 327 g/mol. The van der Waals surface area contributed by atoms with Crippen molar-refractivity contribution in [1.82, 2.24) is 0 Å². The Morgan fingerprint density at radius 1 is 1.21 bits per heavy atom. The Labute approximate surface area is 141 Å². The number of phenols is 1. The highest BCUT2D eigenvalue weighted by molar-refractivity contribution is 6.02. The van der Waals surface area contributed by atoms with Crippen molar-refractivity contribution in [3.63, 3.8) is 0 Å². The molecular formula is C19H21NO4. The van der Waals surface area contributed by atoms with Crippen LogP contribution in [-0.4, -0.2) is 24.7 Å². The molecule has 0 atom stereocenters. The minimum absolute atomic E-state index is 0.0415. The molecule has 2 rings (SSSR count). The standard InChI is InChI=1S/C19H21NO4/c1-4-24-18-12-14(6-9-17(18)23-3)7-10-19(22)20-15-8-5-13(2)11-16(15)21/h5-12,21H,4H2,1-3H3,(H,20,22)/b10-7+. The van der Waals surface area contributed by atoms with Crippen LogP contribution in [0.5, 0.6) is 17.2 Å². The molecule has 2 aromatic carbocycles. The van der Waals surface area contributed by atoms with Crippen LogP contribution in [0, 0.1) is 6.92 Å². The molecule has 0 unspecified atom stereocenters. The quantitative estimate of drug-likeness (QED) is 0.626. The van der Waals surface area contributed by atoms with Gasteiger partial charge in [0.15, 0.2) is 11.5 Å². The SMILES string of the molecule is CCOc1cc(/C=C/C(=O)Nc2ccc(C)cc2O)ccc1OC. The number of amides is 1. The number of nitrogens with one attached hydrogen (secondary N) is 1. The number of benzene rings is 2. The first-order chi connectivity index (χ1) is 11.5. The summed E-state index contributed by atoms with van der Waals surface area (Å²) in [5.74, 6) is 0.976. The van der Waals surface area contributed by atoms with E-state index in [9.17, 15) is 9.90 Å². The predicted molar refractivity (Wildman–Crippen MR) is 94.7 cm³/mol. The number of carbonyl (C=O) groups is 1. The summed E-state index contributed by atoms with van der Waals surface area (Å²) in [4.78, 5) is 12.0. The monoisotopic (exact) mass is 327 g/mol. The van der Waals surface area contributed by atoms with Gasteiger partial charge < -0.3 is 19.9 Å². The van der Waals surface area contributed by atoms with Gasteiger partial charge in [-0.1, -0.05) is 12.1 Å². The fraction of sp³-hybridized carbons (Fsp3) is 0.211. The number of hydrogen-bond donors (Lipinski definition) is 2. The van der Waals surface area contributed by atoms with Gasteiger partial charge in [0.25, 0.3) is 0 Å². The minimum atomic E-state index is -0.331. The molecular weight excluding hydrogens is 306 g/mol. The van der Waals surface area contributed by atoms with Crippen molar-refractivity contribution in [2.24, 2.45) is 0 Å². The molecule has 0 bridgehead atoms. The maximum Gasteiger partial charge on any atom is 0.248 e. The number of ether oxygens (including phenoxy) is 2. The van der Waals surface area contributed by atoms with Crippen molar-refractivity contribution in [3.8, 4) is 17.2 Å². The minimum Gasteiger partial charge on any atom is -0.506 e. The molecule has 0 aromatic heterocycles. The van der Waals surface area contributed by atoms with Crippen LogP contribution in [0.1, 0.15) is 18.1 Å². The molecule has 2 N–H and O–H groups in total. The molecule has 2 aromatic rings. The zero-order valence-electron chi connectivity index (χ0n) is 14.0. The second-order valence-electron chi connectivity index (χ2n) is 5.19. The van der Waals surface area contributed by atoms with Crippen molar-refractivity contribution in [2.45, 2.75) is 13.8 Å². The van der Waals surface area contributed by atoms with Gasteiger partial charge in [-0.3, -0.25) is 4.79 Å². The largest absolute Gasteiger partial charge is 0.506 e. The Bertz CT molecular complexity index is 753. The topological polar surface area (TPSA) is 67.8 Å². The van der Waals surface area contributed by atoms with Crippen molar-refractivity contribution in [3.05, 3.63) is 53.6 Å². The summed E-state index contributed by atoms with van der Waals surface area (Å²) in [6.45, 7) is 4.28. The molecule has 24 heavy (non-hydrogen) atoms. The third kappa shape index (κ3) is 4.52. The summed E-state index contributed by atoms with van der Waals surface area (Å²) in [5, 5.41) is 12.4. The molecule has 0 saturated heterocycles. The normalized spacial score (nSPS) is 10.6. The third-order valence-corrected chi connectivity index (χ3v) is 3.33. The van der Waals surface area contributed by atoms with Crippen LogP contribution in [0.2, 0.25) is 0 Å². The first kappa shape index (κ1) is 17.4. The summed E-state index contributed by atoms with van der Waals surface area (Å²) in [6, 6.07) is 10.5. The van der Waals surface area contributed by atoms with Crippen molar-refractivity contribution in [1.29, 1.82) is 0 Å². The van der Waals surface area contributed by atoms with Crippen LogP contribution in [-0.2, 0) is 4.79 Å². The van der Waals surface area contributed by atoms with E-state index in [1.807, 2.05) is 26.0 Å². The van der Waals surface area contributed by atoms with Crippen LogP contribution in [0.15, 0.2) is 42.5 Å². The molecule has 0 saturated carbocycles. The smallest absolute Gasteiger partial charge is 0.248 e. The maximum atomic E-state index is 12.0. The molecule has 0 fully saturated rings. The number of carbonyl (C=O) groups excluding carboxylic acids is 1. The van der Waals surface area contributed by atoms with Crippen LogP contribution < -0.4 is 14.8 Å². The van der Waals surface area contributed by atoms with Gasteiger partial charge in [-0.05, 0) is 55.3 Å². The van der Waals surface area contributed by atoms with E-state index in [4.69, 9.17) is 9.47 Å². The lowest BCUT2D eigenvalue weighted by Gasteiger charge is -2.09. The van der Waals surface area contributed by atoms with Gasteiger partial charge in [0, 0.05) is 6.08 Å². The van der Waals surface area contributed by atoms with E-state index in [0.717, 1.165) is 11.1 Å². The predicted octanol–water partition coefficient (Wildman–Crippen LogP) is 3.76. The Balaban J connectivity index is 2.09. The van der Waals surface area contributed by atoms with E-state index < -0.39 is 0 Å². The highest BCUT2D eigenvalue weighted by atomic mass is 16.5. The van der Waals surface area contributed by atoms with E-state index >= 15 is 0 Å². The number of aromatic hydroxyl groups is 1. The second kappa shape index (κ2) is 8.06. The van der Waals surface area contributed by atoms with Gasteiger partial charge in [0.05, 0.1) is 19.4 Å². The molecule has 126 valence electrons. The van der Waals surface area contributed by atoms with Crippen LogP contribution in [0.4, 0.5) is 5.69 Å². The molecule has 0 radical (unpaired) electrons. The molecule has 5 heteroatoms. The van der Waals surface area contributed by atoms with Gasteiger partial charge in [-0.15, -0.1) is 0 Å². The highest BCUT2D eigenvalue weighted by Crippen LogP contribution is 2.28. The van der Waals surface area contributed by atoms with Gasteiger partial charge >= 0.3 is 0 Å². The Hall–Kier alpha value is -2.95. The van der Waals surface area contributed by atoms with Crippen LogP contribution in [0.25, 0.3) is 6.08 Å². The number of rotatable bonds is 6. The molecule has 0 aliphatic rings. The fourth-order valence-corrected chi connectivity index (χ4v) is 2.16. The number of methoxy groups -OCH3 is 1. The van der Waals surface area contributed by atoms with E-state index in [2.05, 4.69) is 5.32 Å². The molecule has 0 aliphatic heterocycles. The molecule has 0 heterocycles. The summed E-state index contributed by atoms with van der Waals surface area (Å²) in [7, 11) is 1.58. The van der Waals surface area contributed by atoms with Crippen molar-refractivity contribution >= 4 is 17.7 Å². The Kier molecular flexibility index (Phi) is 5.84. The number of anilines is 1. The summed E-state index contributed by atoms with van der Waals surface area (Å²) in [6.07, 6.45) is 3.07. The highest BCUT2D eigenvalue weighted by Gasteiger charge is 2.06. The van der Waals surface area contributed by atoms with Crippen LogP contribution in [0.3, 0.4) is 0 Å². The van der Waals surface area contributed by atoms with E-state index in [-0.39, 0.29) is 11.7 Å².